The Balaban J connectivity index is 2.07. The van der Waals surface area contributed by atoms with Gasteiger partial charge in [-0.25, -0.2) is 0 Å². The van der Waals surface area contributed by atoms with Crippen molar-refractivity contribution in [3.05, 3.63) is 29.8 Å². The minimum Gasteiger partial charge on any atom is -0.326 e. The number of nitrogens with two attached hydrogens (primary N) is 1. The maximum absolute atomic E-state index is 12.7. The van der Waals surface area contributed by atoms with Crippen LogP contribution in [-0.2, 0) is 11.3 Å². The number of rotatable bonds is 5. The standard InChI is InChI=1S/C18H28N2O/c1-14(2)20(17-10-8-16(13-19)9-11-17)18(21)12-15-6-4-3-5-7-15/h8-11,14-15H,3-7,12-13,19H2,1-2H3. The Morgan fingerprint density at radius 1 is 1.19 bits per heavy atom. The molecule has 1 fully saturated rings. The van der Waals surface area contributed by atoms with E-state index in [2.05, 4.69) is 13.8 Å². The van der Waals surface area contributed by atoms with Crippen LogP contribution in [0.2, 0.25) is 0 Å². The second-order valence-electron chi connectivity index (χ2n) is 6.44. The van der Waals surface area contributed by atoms with Crippen molar-refractivity contribution in [3.8, 4) is 0 Å². The Bertz CT molecular complexity index is 447. The van der Waals surface area contributed by atoms with Crippen molar-refractivity contribution in [3.63, 3.8) is 0 Å². The summed E-state index contributed by atoms with van der Waals surface area (Å²) in [6.07, 6.45) is 7.01. The number of nitrogens with zero attached hydrogens (tertiary/aromatic N) is 1. The SMILES string of the molecule is CC(C)N(C(=O)CC1CCCCC1)c1ccc(CN)cc1. The van der Waals surface area contributed by atoms with Crippen LogP contribution in [-0.4, -0.2) is 11.9 Å². The molecule has 2 rings (SSSR count). The summed E-state index contributed by atoms with van der Waals surface area (Å²) in [5, 5.41) is 0. The van der Waals surface area contributed by atoms with E-state index in [9.17, 15) is 4.79 Å². The average Bonchev–Trinajstić information content (AvgIpc) is 2.49. The van der Waals surface area contributed by atoms with Gasteiger partial charge in [-0.3, -0.25) is 4.79 Å². The third-order valence-corrected chi connectivity index (χ3v) is 4.42. The van der Waals surface area contributed by atoms with Gasteiger partial charge in [0.25, 0.3) is 0 Å². The normalized spacial score (nSPS) is 16.2. The summed E-state index contributed by atoms with van der Waals surface area (Å²) >= 11 is 0. The smallest absolute Gasteiger partial charge is 0.227 e. The molecule has 0 atom stereocenters. The molecule has 0 saturated heterocycles. The van der Waals surface area contributed by atoms with Gasteiger partial charge in [0.15, 0.2) is 0 Å². The summed E-state index contributed by atoms with van der Waals surface area (Å²) in [6.45, 7) is 4.70. The van der Waals surface area contributed by atoms with E-state index in [-0.39, 0.29) is 11.9 Å². The van der Waals surface area contributed by atoms with E-state index >= 15 is 0 Å². The van der Waals surface area contributed by atoms with Crippen LogP contribution in [0.3, 0.4) is 0 Å². The van der Waals surface area contributed by atoms with Gasteiger partial charge in [-0.2, -0.15) is 0 Å². The molecule has 116 valence electrons. The Morgan fingerprint density at radius 2 is 1.81 bits per heavy atom. The average molecular weight is 288 g/mol. The molecule has 2 N–H and O–H groups in total. The summed E-state index contributed by atoms with van der Waals surface area (Å²) in [5.74, 6) is 0.841. The molecule has 1 saturated carbocycles. The van der Waals surface area contributed by atoms with Crippen molar-refractivity contribution in [1.82, 2.24) is 0 Å². The second kappa shape index (κ2) is 7.60. The zero-order valence-electron chi connectivity index (χ0n) is 13.3. The lowest BCUT2D eigenvalue weighted by Crippen LogP contribution is -2.38. The van der Waals surface area contributed by atoms with Crippen LogP contribution in [0.5, 0.6) is 0 Å². The highest BCUT2D eigenvalue weighted by atomic mass is 16.2. The quantitative estimate of drug-likeness (QED) is 0.894. The lowest BCUT2D eigenvalue weighted by molar-refractivity contribution is -0.120. The zero-order valence-corrected chi connectivity index (χ0v) is 13.3. The molecule has 3 heteroatoms. The van der Waals surface area contributed by atoms with Gasteiger partial charge in [0.2, 0.25) is 5.91 Å². The van der Waals surface area contributed by atoms with Crippen molar-refractivity contribution in [2.45, 2.75) is 65.0 Å². The Morgan fingerprint density at radius 3 is 2.33 bits per heavy atom. The van der Waals surface area contributed by atoms with Crippen LogP contribution in [0, 0.1) is 5.92 Å². The first-order valence-corrected chi connectivity index (χ1v) is 8.23. The summed E-state index contributed by atoms with van der Waals surface area (Å²) in [5.41, 5.74) is 7.73. The third kappa shape index (κ3) is 4.31. The topological polar surface area (TPSA) is 46.3 Å². The Kier molecular flexibility index (Phi) is 5.80. The molecule has 0 aromatic heterocycles. The molecular formula is C18H28N2O. The molecule has 0 radical (unpaired) electrons. The summed E-state index contributed by atoms with van der Waals surface area (Å²) in [4.78, 5) is 14.6. The maximum Gasteiger partial charge on any atom is 0.227 e. The van der Waals surface area contributed by atoms with Crippen LogP contribution in [0.4, 0.5) is 5.69 Å². The highest BCUT2D eigenvalue weighted by Gasteiger charge is 2.23. The predicted molar refractivity (Wildman–Crippen MR) is 88.1 cm³/mol. The minimum atomic E-state index is 0.185. The largest absolute Gasteiger partial charge is 0.326 e. The number of carbonyl (C=O) groups excluding carboxylic acids is 1. The summed E-state index contributed by atoms with van der Waals surface area (Å²) < 4.78 is 0. The van der Waals surface area contributed by atoms with Crippen molar-refractivity contribution >= 4 is 11.6 Å². The molecule has 0 aliphatic heterocycles. The summed E-state index contributed by atoms with van der Waals surface area (Å²) in [7, 11) is 0. The molecule has 3 nitrogen and oxygen atoms in total. The van der Waals surface area contributed by atoms with Gasteiger partial charge < -0.3 is 10.6 Å². The van der Waals surface area contributed by atoms with E-state index in [0.717, 1.165) is 11.3 Å². The molecule has 1 amide bonds. The number of hydrogen-bond acceptors (Lipinski definition) is 2. The van der Waals surface area contributed by atoms with Gasteiger partial charge in [0, 0.05) is 24.7 Å². The van der Waals surface area contributed by atoms with E-state index in [1.165, 1.54) is 32.1 Å². The molecular weight excluding hydrogens is 260 g/mol. The van der Waals surface area contributed by atoms with Crippen LogP contribution in [0.15, 0.2) is 24.3 Å². The van der Waals surface area contributed by atoms with Crippen LogP contribution >= 0.6 is 0 Å². The first-order valence-electron chi connectivity index (χ1n) is 8.23. The molecule has 0 bridgehead atoms. The van der Waals surface area contributed by atoms with Gasteiger partial charge in [0.05, 0.1) is 0 Å². The molecule has 0 heterocycles. The van der Waals surface area contributed by atoms with Crippen LogP contribution in [0.25, 0.3) is 0 Å². The van der Waals surface area contributed by atoms with Crippen LogP contribution < -0.4 is 10.6 Å². The van der Waals surface area contributed by atoms with E-state index in [1.807, 2.05) is 29.2 Å². The number of benzene rings is 1. The van der Waals surface area contributed by atoms with Crippen molar-refractivity contribution in [2.24, 2.45) is 11.7 Å². The van der Waals surface area contributed by atoms with E-state index < -0.39 is 0 Å². The Labute approximate surface area is 128 Å². The van der Waals surface area contributed by atoms with E-state index in [4.69, 9.17) is 5.73 Å². The lowest BCUT2D eigenvalue weighted by Gasteiger charge is -2.30. The Hall–Kier alpha value is -1.35. The molecule has 1 aromatic rings. The van der Waals surface area contributed by atoms with Gasteiger partial charge in [-0.1, -0.05) is 31.4 Å². The molecule has 1 aliphatic rings. The first kappa shape index (κ1) is 16.0. The van der Waals surface area contributed by atoms with Gasteiger partial charge in [-0.15, -0.1) is 0 Å². The molecule has 21 heavy (non-hydrogen) atoms. The van der Waals surface area contributed by atoms with Gasteiger partial charge >= 0.3 is 0 Å². The molecule has 0 spiro atoms. The van der Waals surface area contributed by atoms with E-state index in [0.29, 0.717) is 18.9 Å². The van der Waals surface area contributed by atoms with Crippen LogP contribution in [0.1, 0.15) is 57.9 Å². The fraction of sp³-hybridized carbons (Fsp3) is 0.611. The zero-order chi connectivity index (χ0) is 15.2. The fourth-order valence-corrected chi connectivity index (χ4v) is 3.26. The lowest BCUT2D eigenvalue weighted by atomic mass is 9.86. The monoisotopic (exact) mass is 288 g/mol. The predicted octanol–water partition coefficient (Wildman–Crippen LogP) is 3.86. The number of amides is 1. The summed E-state index contributed by atoms with van der Waals surface area (Å²) in [6, 6.07) is 8.24. The minimum absolute atomic E-state index is 0.185. The van der Waals surface area contributed by atoms with Crippen molar-refractivity contribution < 1.29 is 4.79 Å². The number of anilines is 1. The van der Waals surface area contributed by atoms with Crippen molar-refractivity contribution in [1.29, 1.82) is 0 Å². The first-order chi connectivity index (χ1) is 10.1. The van der Waals surface area contributed by atoms with Gasteiger partial charge in [0.1, 0.15) is 0 Å². The highest BCUT2D eigenvalue weighted by molar-refractivity contribution is 5.94. The van der Waals surface area contributed by atoms with E-state index in [1.54, 1.807) is 0 Å². The molecule has 1 aromatic carbocycles. The maximum atomic E-state index is 12.7. The molecule has 1 aliphatic carbocycles. The number of hydrogen-bond donors (Lipinski definition) is 1. The fourth-order valence-electron chi connectivity index (χ4n) is 3.26. The third-order valence-electron chi connectivity index (χ3n) is 4.42. The molecule has 0 unspecified atom stereocenters. The second-order valence-corrected chi connectivity index (χ2v) is 6.44. The van der Waals surface area contributed by atoms with Gasteiger partial charge in [-0.05, 0) is 50.3 Å². The highest BCUT2D eigenvalue weighted by Crippen LogP contribution is 2.28. The van der Waals surface area contributed by atoms with Crippen molar-refractivity contribution in [2.75, 3.05) is 4.90 Å². The number of carbonyl (C=O) groups is 1.